The van der Waals surface area contributed by atoms with Gasteiger partial charge in [0.2, 0.25) is 44.6 Å². The fraction of sp³-hybridized carbons (Fsp3) is 0.732. The average molecular weight is 891 g/mol. The van der Waals surface area contributed by atoms with Crippen molar-refractivity contribution in [3.63, 3.8) is 0 Å². The van der Waals surface area contributed by atoms with Crippen molar-refractivity contribution in [2.45, 2.75) is 158 Å². The van der Waals surface area contributed by atoms with Gasteiger partial charge in [-0.3, -0.25) is 28.8 Å². The van der Waals surface area contributed by atoms with Crippen molar-refractivity contribution in [3.8, 4) is 11.5 Å². The monoisotopic (exact) mass is 890 g/mol. The van der Waals surface area contributed by atoms with E-state index in [4.69, 9.17) is 14.2 Å². The molecule has 61 heavy (non-hydrogen) atoms. The number of rotatable bonds is 14. The van der Waals surface area contributed by atoms with E-state index in [-0.39, 0.29) is 51.1 Å². The van der Waals surface area contributed by atoms with Crippen molar-refractivity contribution in [3.05, 3.63) is 23.3 Å². The van der Waals surface area contributed by atoms with Crippen LogP contribution in [0, 0.1) is 17.3 Å². The first-order chi connectivity index (χ1) is 28.8. The van der Waals surface area contributed by atoms with Crippen LogP contribution in [0.25, 0.3) is 0 Å². The van der Waals surface area contributed by atoms with E-state index < -0.39 is 95.5 Å². The van der Waals surface area contributed by atoms with E-state index in [1.807, 2.05) is 19.1 Å². The molecule has 6 atom stereocenters. The van der Waals surface area contributed by atoms with Crippen molar-refractivity contribution < 1.29 is 55.0 Å². The topological polar surface area (TPSA) is 236 Å². The number of sulfonamides is 2. The zero-order chi connectivity index (χ0) is 43.6. The number of hydrogen-bond acceptors (Lipinski definition) is 12. The second-order valence-corrected chi connectivity index (χ2v) is 23.0. The first-order valence-electron chi connectivity index (χ1n) is 21.7. The summed E-state index contributed by atoms with van der Waals surface area (Å²) in [5, 5.41) is 4.46. The molecule has 18 nitrogen and oxygen atoms in total. The minimum Gasteiger partial charge on any atom is -0.454 e. The molecule has 1 aromatic rings. The fourth-order valence-corrected chi connectivity index (χ4v) is 12.3. The Kier molecular flexibility index (Phi) is 11.5. The molecular weight excluding hydrogens is 833 g/mol. The summed E-state index contributed by atoms with van der Waals surface area (Å²) in [4.78, 5) is 73.9. The van der Waals surface area contributed by atoms with Gasteiger partial charge in [0.15, 0.2) is 11.5 Å². The largest absolute Gasteiger partial charge is 0.454 e. The third kappa shape index (κ3) is 9.03. The van der Waals surface area contributed by atoms with E-state index in [0.29, 0.717) is 56.4 Å². The van der Waals surface area contributed by atoms with Crippen LogP contribution in [0.3, 0.4) is 0 Å². The molecule has 0 aromatic heterocycles. The van der Waals surface area contributed by atoms with Gasteiger partial charge in [-0.2, -0.15) is 0 Å². The van der Waals surface area contributed by atoms with Crippen LogP contribution in [0.5, 0.6) is 11.5 Å². The molecule has 1 aromatic carbocycles. The summed E-state index contributed by atoms with van der Waals surface area (Å²) in [6.07, 6.45) is 4.68. The summed E-state index contributed by atoms with van der Waals surface area (Å²) in [7, 11) is -7.72. The van der Waals surface area contributed by atoms with Gasteiger partial charge in [-0.1, -0.05) is 53.4 Å². The summed E-state index contributed by atoms with van der Waals surface area (Å²) >= 11 is 0. The van der Waals surface area contributed by atoms with Crippen LogP contribution < -0.4 is 29.6 Å². The summed E-state index contributed by atoms with van der Waals surface area (Å²) in [5.74, 6) is -2.35. The van der Waals surface area contributed by atoms with Crippen molar-refractivity contribution in [2.75, 3.05) is 13.3 Å². The maximum Gasteiger partial charge on any atom is 0.410 e. The Balaban J connectivity index is 1.03. The Hall–Kier alpha value is -4.17. The van der Waals surface area contributed by atoms with Gasteiger partial charge >= 0.3 is 6.09 Å². The van der Waals surface area contributed by atoms with Crippen molar-refractivity contribution in [1.29, 1.82) is 0 Å². The second kappa shape index (κ2) is 16.2. The van der Waals surface area contributed by atoms with Crippen LogP contribution in [0.4, 0.5) is 4.79 Å². The molecular formula is C41H58N6O12S2. The maximum atomic E-state index is 14.9. The smallest absolute Gasteiger partial charge is 0.410 e. The van der Waals surface area contributed by atoms with Crippen molar-refractivity contribution in [2.24, 2.45) is 17.3 Å². The standard InChI is InChI=1S/C41H58N6O12S2/c1-5-26-18-41(26,38(51)45-61(55,56)29-13-14-29)43-35(48)30-17-27(59-39(52)46-19-24-15-31-32(58-22-57-31)16-25(24)20-46)21-47(30)37(50)34(40(2,3)4)42-36(49)33(23-9-7-6-8-10-23)44-60(53,54)28-11-12-28/h15-16,23,26-30,33-34,44H,5-14,17-22H2,1-4H3,(H,42,49)(H,43,48)(H,45,51)/t26-,27+,30?,33-,34+,41-/m0/s1. The molecule has 1 saturated heterocycles. The lowest BCUT2D eigenvalue weighted by atomic mass is 9.82. The maximum absolute atomic E-state index is 14.9. The molecule has 3 aliphatic heterocycles. The van der Waals surface area contributed by atoms with E-state index >= 15 is 0 Å². The third-order valence-electron chi connectivity index (χ3n) is 13.4. The molecule has 4 aliphatic carbocycles. The van der Waals surface area contributed by atoms with Gasteiger partial charge in [-0.05, 0) is 85.5 Å². The molecule has 1 unspecified atom stereocenters. The van der Waals surface area contributed by atoms with Gasteiger partial charge in [0.25, 0.3) is 5.91 Å². The number of ether oxygens (including phenoxy) is 3. The lowest BCUT2D eigenvalue weighted by Crippen LogP contribution is -2.62. The van der Waals surface area contributed by atoms with Gasteiger partial charge < -0.3 is 29.7 Å². The number of carbonyl (C=O) groups excluding carboxylic acids is 5. The highest BCUT2D eigenvalue weighted by atomic mass is 32.2. The molecule has 5 amide bonds. The molecule has 0 radical (unpaired) electrons. The lowest BCUT2D eigenvalue weighted by Gasteiger charge is -2.37. The second-order valence-electron chi connectivity index (χ2n) is 19.1. The van der Waals surface area contributed by atoms with Gasteiger partial charge in [0, 0.05) is 19.5 Å². The number of fused-ring (bicyclic) bond motifs is 2. The van der Waals surface area contributed by atoms with Crippen LogP contribution in [0.2, 0.25) is 0 Å². The van der Waals surface area contributed by atoms with E-state index in [1.54, 1.807) is 20.8 Å². The molecule has 0 bridgehead atoms. The molecule has 4 saturated carbocycles. The number of hydrogen-bond donors (Lipinski definition) is 4. The SMILES string of the molecule is CC[C@H]1C[C@@]1(NC(=O)C1C[C@@H](OC(=O)N2Cc3cc4c(cc3C2)OCO4)CN1C(=O)[C@@H](NC(=O)[C@@H](NS(=O)(=O)C1CC1)C1CCCCC1)C(C)(C)C)C(=O)NS(=O)(=O)C1CC1. The highest BCUT2D eigenvalue weighted by Gasteiger charge is 2.62. The number of nitrogens with one attached hydrogen (secondary N) is 4. The summed E-state index contributed by atoms with van der Waals surface area (Å²) in [5.41, 5.74) is -0.765. The van der Waals surface area contributed by atoms with Crippen LogP contribution in [0.1, 0.15) is 116 Å². The predicted molar refractivity (Wildman–Crippen MR) is 218 cm³/mol. The molecule has 8 rings (SSSR count). The van der Waals surface area contributed by atoms with E-state index in [0.717, 1.165) is 30.4 Å². The Morgan fingerprint density at radius 2 is 1.49 bits per heavy atom. The van der Waals surface area contributed by atoms with Crippen molar-refractivity contribution in [1.82, 2.24) is 29.9 Å². The Labute approximate surface area is 357 Å². The average Bonchev–Trinajstić information content (AvgIpc) is 4.16. The third-order valence-corrected chi connectivity index (χ3v) is 17.1. The molecule has 7 aliphatic rings. The Morgan fingerprint density at radius 3 is 2.05 bits per heavy atom. The fourth-order valence-electron chi connectivity index (χ4n) is 9.33. The summed E-state index contributed by atoms with van der Waals surface area (Å²) in [6.45, 7) is 7.41. The van der Waals surface area contributed by atoms with Crippen LogP contribution in [-0.4, -0.2) is 110 Å². The van der Waals surface area contributed by atoms with Gasteiger partial charge in [0.05, 0.1) is 17.0 Å². The minimum atomic E-state index is -3.94. The van der Waals surface area contributed by atoms with Gasteiger partial charge in [-0.25, -0.2) is 26.4 Å². The number of likely N-dealkylation sites (tertiary alicyclic amines) is 1. The number of benzene rings is 1. The summed E-state index contributed by atoms with van der Waals surface area (Å²) < 4.78 is 73.9. The highest BCUT2D eigenvalue weighted by Crippen LogP contribution is 2.47. The van der Waals surface area contributed by atoms with Crippen LogP contribution in [-0.2, 0) is 57.1 Å². The lowest BCUT2D eigenvalue weighted by molar-refractivity contribution is -0.145. The molecule has 336 valence electrons. The van der Waals surface area contributed by atoms with Crippen LogP contribution in [0.15, 0.2) is 12.1 Å². The number of nitrogens with zero attached hydrogens (tertiary/aromatic N) is 2. The van der Waals surface area contributed by atoms with Gasteiger partial charge in [0.1, 0.15) is 29.8 Å². The molecule has 3 heterocycles. The highest BCUT2D eigenvalue weighted by molar-refractivity contribution is 7.91. The molecule has 0 spiro atoms. The predicted octanol–water partition coefficient (Wildman–Crippen LogP) is 2.29. The minimum absolute atomic E-state index is 0.111. The first-order valence-corrected chi connectivity index (χ1v) is 24.8. The zero-order valence-electron chi connectivity index (χ0n) is 35.2. The normalized spacial score (nSPS) is 27.2. The number of amides is 5. The van der Waals surface area contributed by atoms with E-state index in [2.05, 4.69) is 20.1 Å². The number of carbonyl (C=O) groups is 5. The quantitative estimate of drug-likeness (QED) is 0.211. The molecule has 4 N–H and O–H groups in total. The van der Waals surface area contributed by atoms with Gasteiger partial charge in [-0.15, -0.1) is 0 Å². The van der Waals surface area contributed by atoms with E-state index in [9.17, 15) is 40.8 Å². The zero-order valence-corrected chi connectivity index (χ0v) is 36.8. The van der Waals surface area contributed by atoms with Crippen LogP contribution >= 0.6 is 0 Å². The molecule has 5 fully saturated rings. The molecule has 20 heteroatoms. The Bertz CT molecular complexity index is 2150. The first kappa shape index (κ1) is 43.5. The Morgan fingerprint density at radius 1 is 0.885 bits per heavy atom. The van der Waals surface area contributed by atoms with Crippen molar-refractivity contribution >= 4 is 49.8 Å². The summed E-state index contributed by atoms with van der Waals surface area (Å²) in [6, 6.07) is -0.0101. The van der Waals surface area contributed by atoms with E-state index in [1.165, 1.54) is 9.80 Å².